The predicted molar refractivity (Wildman–Crippen MR) is 117 cm³/mol. The van der Waals surface area contributed by atoms with Crippen molar-refractivity contribution in [2.75, 3.05) is 19.1 Å². The predicted octanol–water partition coefficient (Wildman–Crippen LogP) is 3.11. The maximum Gasteiger partial charge on any atom is 0.275 e. The van der Waals surface area contributed by atoms with Crippen LogP contribution in [0.3, 0.4) is 0 Å². The number of hydrogen-bond donors (Lipinski definition) is 2. The van der Waals surface area contributed by atoms with Crippen molar-refractivity contribution in [3.63, 3.8) is 0 Å². The topological polar surface area (TPSA) is 103 Å². The molecule has 8 nitrogen and oxygen atoms in total. The number of fused-ring (bicyclic) bond motifs is 1. The van der Waals surface area contributed by atoms with E-state index in [2.05, 4.69) is 15.4 Å². The first kappa shape index (κ1) is 21.3. The summed E-state index contributed by atoms with van der Waals surface area (Å²) < 4.78 is 11.4. The Hall–Kier alpha value is -3.39. The van der Waals surface area contributed by atoms with Crippen molar-refractivity contribution < 1.29 is 14.3 Å². The van der Waals surface area contributed by atoms with Crippen molar-refractivity contribution in [3.05, 3.63) is 48.3 Å². The van der Waals surface area contributed by atoms with Gasteiger partial charge in [0.05, 0.1) is 12.6 Å². The number of hydrazine groups is 1. The average Bonchev–Trinajstić information content (AvgIpc) is 2.75. The summed E-state index contributed by atoms with van der Waals surface area (Å²) in [7, 11) is 3.48. The lowest BCUT2D eigenvalue weighted by atomic mass is 10.1. The van der Waals surface area contributed by atoms with Crippen LogP contribution in [0.25, 0.3) is 10.9 Å². The van der Waals surface area contributed by atoms with E-state index in [-0.39, 0.29) is 5.92 Å². The van der Waals surface area contributed by atoms with Crippen molar-refractivity contribution in [2.24, 2.45) is 11.8 Å². The number of ether oxygens (including phenoxy) is 2. The Balaban J connectivity index is 2.04. The van der Waals surface area contributed by atoms with E-state index >= 15 is 0 Å². The molecule has 1 heterocycles. The molecule has 1 atom stereocenters. The van der Waals surface area contributed by atoms with E-state index in [1.807, 2.05) is 69.1 Å². The number of carbonyl (C=O) groups is 1. The van der Waals surface area contributed by atoms with Crippen molar-refractivity contribution in [3.8, 4) is 11.5 Å². The molecule has 0 radical (unpaired) electrons. The van der Waals surface area contributed by atoms with E-state index in [1.54, 1.807) is 13.2 Å². The molecule has 0 bridgehead atoms. The normalized spacial score (nSPS) is 12.0. The Morgan fingerprint density at radius 2 is 1.87 bits per heavy atom. The Labute approximate surface area is 176 Å². The Kier molecular flexibility index (Phi) is 6.37. The Morgan fingerprint density at radius 1 is 1.13 bits per heavy atom. The zero-order valence-electron chi connectivity index (χ0n) is 17.8. The van der Waals surface area contributed by atoms with Crippen LogP contribution in [-0.4, -0.2) is 36.1 Å². The minimum absolute atomic E-state index is 0.0897. The summed E-state index contributed by atoms with van der Waals surface area (Å²) in [5, 5.41) is 0.937. The highest BCUT2D eigenvalue weighted by Crippen LogP contribution is 2.36. The number of aromatic nitrogens is 2. The third-order valence-electron chi connectivity index (χ3n) is 4.81. The Morgan fingerprint density at radius 3 is 2.53 bits per heavy atom. The van der Waals surface area contributed by atoms with Crippen LogP contribution in [0.4, 0.5) is 11.5 Å². The SMILES string of the molecule is COc1ccc(N(C)c2nc(C)nc3ccccc23)cc1OC(C(=O)NN)C(C)C. The van der Waals surface area contributed by atoms with Gasteiger partial charge in [0.2, 0.25) is 0 Å². The van der Waals surface area contributed by atoms with Crippen LogP contribution in [0.2, 0.25) is 0 Å². The van der Waals surface area contributed by atoms with Crippen LogP contribution < -0.4 is 25.6 Å². The molecular formula is C22H27N5O3. The number of methoxy groups -OCH3 is 1. The summed E-state index contributed by atoms with van der Waals surface area (Å²) in [4.78, 5) is 23.3. The summed E-state index contributed by atoms with van der Waals surface area (Å²) in [5.41, 5.74) is 3.86. The summed E-state index contributed by atoms with van der Waals surface area (Å²) >= 11 is 0. The molecule has 8 heteroatoms. The lowest BCUT2D eigenvalue weighted by Crippen LogP contribution is -2.44. The largest absolute Gasteiger partial charge is 0.493 e. The van der Waals surface area contributed by atoms with E-state index in [4.69, 9.17) is 15.3 Å². The number of nitrogens with zero attached hydrogens (tertiary/aromatic N) is 3. The highest BCUT2D eigenvalue weighted by atomic mass is 16.5. The zero-order valence-corrected chi connectivity index (χ0v) is 17.8. The number of amides is 1. The minimum Gasteiger partial charge on any atom is -0.493 e. The standard InChI is InChI=1S/C22H27N5O3/c1-13(2)20(22(28)26-23)30-19-12-15(10-11-18(19)29-5)27(4)21-16-8-6-7-9-17(16)24-14(3)25-21/h6-13,20H,23H2,1-5H3,(H,26,28). The summed E-state index contributed by atoms with van der Waals surface area (Å²) in [5.74, 6) is 7.25. The van der Waals surface area contributed by atoms with Gasteiger partial charge >= 0.3 is 0 Å². The van der Waals surface area contributed by atoms with Gasteiger partial charge in [-0.15, -0.1) is 0 Å². The van der Waals surface area contributed by atoms with Gasteiger partial charge < -0.3 is 14.4 Å². The van der Waals surface area contributed by atoms with Gasteiger partial charge in [-0.05, 0) is 37.1 Å². The molecule has 0 aliphatic rings. The van der Waals surface area contributed by atoms with Gasteiger partial charge in [0, 0.05) is 24.2 Å². The average molecular weight is 409 g/mol. The van der Waals surface area contributed by atoms with Gasteiger partial charge in [0.25, 0.3) is 5.91 Å². The molecule has 0 saturated carbocycles. The number of benzene rings is 2. The zero-order chi connectivity index (χ0) is 21.8. The molecule has 30 heavy (non-hydrogen) atoms. The summed E-state index contributed by atoms with van der Waals surface area (Å²) in [6, 6.07) is 13.4. The van der Waals surface area contributed by atoms with Crippen LogP contribution in [0.1, 0.15) is 19.7 Å². The molecule has 2 aromatic carbocycles. The van der Waals surface area contributed by atoms with E-state index in [0.29, 0.717) is 17.3 Å². The third-order valence-corrected chi connectivity index (χ3v) is 4.81. The number of carbonyl (C=O) groups excluding carboxylic acids is 1. The number of nitrogens with two attached hydrogens (primary N) is 1. The fourth-order valence-corrected chi connectivity index (χ4v) is 3.23. The first-order valence-corrected chi connectivity index (χ1v) is 9.68. The summed E-state index contributed by atoms with van der Waals surface area (Å²) in [6.07, 6.45) is -0.758. The first-order chi connectivity index (χ1) is 14.3. The van der Waals surface area contributed by atoms with Gasteiger partial charge in [-0.3, -0.25) is 10.2 Å². The van der Waals surface area contributed by atoms with Crippen LogP contribution in [0.15, 0.2) is 42.5 Å². The lowest BCUT2D eigenvalue weighted by molar-refractivity contribution is -0.129. The monoisotopic (exact) mass is 409 g/mol. The van der Waals surface area contributed by atoms with Crippen molar-refractivity contribution in [2.45, 2.75) is 26.9 Å². The Bertz CT molecular complexity index is 1050. The smallest absolute Gasteiger partial charge is 0.275 e. The van der Waals surface area contributed by atoms with Gasteiger partial charge in [0.15, 0.2) is 17.6 Å². The maximum absolute atomic E-state index is 12.2. The molecule has 0 saturated heterocycles. The highest BCUT2D eigenvalue weighted by molar-refractivity contribution is 5.91. The molecule has 158 valence electrons. The molecule has 1 amide bonds. The fraction of sp³-hybridized carbons (Fsp3) is 0.318. The molecule has 3 N–H and O–H groups in total. The second-order valence-electron chi connectivity index (χ2n) is 7.30. The lowest BCUT2D eigenvalue weighted by Gasteiger charge is -2.25. The second kappa shape index (κ2) is 8.96. The van der Waals surface area contributed by atoms with Gasteiger partial charge in [-0.1, -0.05) is 26.0 Å². The first-order valence-electron chi connectivity index (χ1n) is 9.68. The third kappa shape index (κ3) is 4.28. The number of aryl methyl sites for hydroxylation is 1. The molecule has 3 aromatic rings. The summed E-state index contributed by atoms with van der Waals surface area (Å²) in [6.45, 7) is 5.64. The maximum atomic E-state index is 12.2. The highest BCUT2D eigenvalue weighted by Gasteiger charge is 2.25. The van der Waals surface area contributed by atoms with Crippen molar-refractivity contribution >= 4 is 28.3 Å². The molecule has 1 aromatic heterocycles. The quantitative estimate of drug-likeness (QED) is 0.351. The molecule has 3 rings (SSSR count). The fourth-order valence-electron chi connectivity index (χ4n) is 3.23. The minimum atomic E-state index is -0.758. The van der Waals surface area contributed by atoms with E-state index < -0.39 is 12.0 Å². The molecule has 1 unspecified atom stereocenters. The molecular weight excluding hydrogens is 382 g/mol. The van der Waals surface area contributed by atoms with E-state index in [1.165, 1.54) is 0 Å². The number of nitrogens with one attached hydrogen (secondary N) is 1. The van der Waals surface area contributed by atoms with E-state index in [9.17, 15) is 4.79 Å². The second-order valence-corrected chi connectivity index (χ2v) is 7.30. The van der Waals surface area contributed by atoms with E-state index in [0.717, 1.165) is 22.4 Å². The van der Waals surface area contributed by atoms with Crippen LogP contribution in [0, 0.1) is 12.8 Å². The van der Waals surface area contributed by atoms with Gasteiger partial charge in [0.1, 0.15) is 11.6 Å². The van der Waals surface area contributed by atoms with Crippen LogP contribution in [0.5, 0.6) is 11.5 Å². The number of para-hydroxylation sites is 1. The van der Waals surface area contributed by atoms with Crippen LogP contribution >= 0.6 is 0 Å². The number of rotatable bonds is 7. The number of anilines is 2. The van der Waals surface area contributed by atoms with Gasteiger partial charge in [-0.2, -0.15) is 0 Å². The van der Waals surface area contributed by atoms with Gasteiger partial charge in [-0.25, -0.2) is 15.8 Å². The molecule has 0 aliphatic carbocycles. The molecule has 0 aliphatic heterocycles. The molecule has 0 spiro atoms. The number of hydrogen-bond acceptors (Lipinski definition) is 7. The van der Waals surface area contributed by atoms with Crippen LogP contribution in [-0.2, 0) is 4.79 Å². The van der Waals surface area contributed by atoms with Crippen molar-refractivity contribution in [1.29, 1.82) is 0 Å². The molecule has 0 fully saturated rings. The van der Waals surface area contributed by atoms with Crippen molar-refractivity contribution in [1.82, 2.24) is 15.4 Å².